The molecule has 2 fully saturated rings. The number of anilines is 1. The third-order valence-corrected chi connectivity index (χ3v) is 7.06. The number of morpholine rings is 1. The van der Waals surface area contributed by atoms with Gasteiger partial charge in [0.1, 0.15) is 17.5 Å². The maximum atomic E-state index is 13.3. The second-order valence-corrected chi connectivity index (χ2v) is 9.57. The Bertz CT molecular complexity index is 1520. The molecule has 0 aliphatic carbocycles. The van der Waals surface area contributed by atoms with Crippen molar-refractivity contribution in [3.05, 3.63) is 64.9 Å². The Labute approximate surface area is 215 Å². The molecule has 12 nitrogen and oxygen atoms in total. The highest BCUT2D eigenvalue weighted by atomic mass is 19.1. The van der Waals surface area contributed by atoms with E-state index in [1.165, 1.54) is 40.1 Å². The van der Waals surface area contributed by atoms with Gasteiger partial charge in [0.2, 0.25) is 5.76 Å². The molecule has 6 rings (SSSR count). The summed E-state index contributed by atoms with van der Waals surface area (Å²) in [5.74, 6) is -0.506. The van der Waals surface area contributed by atoms with Gasteiger partial charge in [0.15, 0.2) is 5.65 Å². The van der Waals surface area contributed by atoms with Crippen LogP contribution in [-0.2, 0) is 11.3 Å². The molecular formula is C25H26FN7O5. The number of piperidine rings is 1. The van der Waals surface area contributed by atoms with Crippen molar-refractivity contribution < 1.29 is 23.4 Å². The third-order valence-electron chi connectivity index (χ3n) is 7.06. The summed E-state index contributed by atoms with van der Waals surface area (Å²) in [6, 6.07) is 6.11. The fourth-order valence-corrected chi connectivity index (χ4v) is 4.85. The van der Waals surface area contributed by atoms with E-state index in [2.05, 4.69) is 15.1 Å². The first-order chi connectivity index (χ1) is 18.4. The lowest BCUT2D eigenvalue weighted by Gasteiger charge is -2.38. The topological polar surface area (TPSA) is 132 Å². The average Bonchev–Trinajstić information content (AvgIpc) is 3.60. The lowest BCUT2D eigenvalue weighted by Crippen LogP contribution is -2.49. The summed E-state index contributed by atoms with van der Waals surface area (Å²) in [7, 11) is 0. The Balaban J connectivity index is 1.13. The van der Waals surface area contributed by atoms with E-state index in [-0.39, 0.29) is 47.8 Å². The fraction of sp³-hybridized carbons (Fsp3) is 0.400. The largest absolute Gasteiger partial charge is 0.418 e. The molecule has 0 unspecified atom stereocenters. The van der Waals surface area contributed by atoms with Crippen molar-refractivity contribution in [3.8, 4) is 5.69 Å². The van der Waals surface area contributed by atoms with Crippen LogP contribution < -0.4 is 10.5 Å². The maximum Gasteiger partial charge on any atom is 0.298 e. The first-order valence-corrected chi connectivity index (χ1v) is 12.4. The minimum absolute atomic E-state index is 0.0298. The second-order valence-electron chi connectivity index (χ2n) is 9.57. The number of amides is 1. The molecule has 0 bridgehead atoms. The molecule has 5 heterocycles. The van der Waals surface area contributed by atoms with Crippen LogP contribution in [0.5, 0.6) is 0 Å². The van der Waals surface area contributed by atoms with E-state index >= 15 is 0 Å². The molecule has 2 aliphatic heterocycles. The average molecular weight is 524 g/mol. The van der Waals surface area contributed by atoms with E-state index in [0.717, 1.165) is 0 Å². The number of aliphatic hydroxyl groups is 1. The Kier molecular flexibility index (Phi) is 6.16. The number of aromatic nitrogens is 5. The van der Waals surface area contributed by atoms with Crippen LogP contribution in [-0.4, -0.2) is 85.2 Å². The number of carbonyl (C=O) groups excluding carboxylic acids is 1. The summed E-state index contributed by atoms with van der Waals surface area (Å²) in [5, 5.41) is 15.8. The van der Waals surface area contributed by atoms with E-state index in [0.29, 0.717) is 56.7 Å². The van der Waals surface area contributed by atoms with Gasteiger partial charge in [-0.3, -0.25) is 14.2 Å². The van der Waals surface area contributed by atoms with E-state index in [1.807, 2.05) is 4.90 Å². The molecule has 2 aliphatic rings. The van der Waals surface area contributed by atoms with Gasteiger partial charge in [-0.25, -0.2) is 19.0 Å². The van der Waals surface area contributed by atoms with E-state index in [4.69, 9.17) is 9.15 Å². The molecule has 38 heavy (non-hydrogen) atoms. The lowest BCUT2D eigenvalue weighted by molar-refractivity contribution is -0.0304. The van der Waals surface area contributed by atoms with Crippen molar-refractivity contribution >= 4 is 23.0 Å². The van der Waals surface area contributed by atoms with Crippen molar-refractivity contribution in [3.63, 3.8) is 0 Å². The molecule has 0 radical (unpaired) electrons. The van der Waals surface area contributed by atoms with Crippen LogP contribution in [0.1, 0.15) is 23.4 Å². The number of carbonyl (C=O) groups is 1. The number of ether oxygens (including phenoxy) is 1. The van der Waals surface area contributed by atoms with Crippen molar-refractivity contribution in [1.82, 2.24) is 29.2 Å². The predicted molar refractivity (Wildman–Crippen MR) is 133 cm³/mol. The summed E-state index contributed by atoms with van der Waals surface area (Å²) in [6.45, 7) is 3.10. The van der Waals surface area contributed by atoms with Crippen LogP contribution >= 0.6 is 0 Å². The number of benzene rings is 1. The molecule has 0 atom stereocenters. The molecular weight excluding hydrogens is 497 g/mol. The molecule has 3 aromatic heterocycles. The van der Waals surface area contributed by atoms with Crippen LogP contribution in [0.15, 0.2) is 52.2 Å². The summed E-state index contributed by atoms with van der Waals surface area (Å²) in [5.41, 5.74) is -0.615. The van der Waals surface area contributed by atoms with Crippen LogP contribution in [0, 0.1) is 5.82 Å². The predicted octanol–water partition coefficient (Wildman–Crippen LogP) is 1.21. The molecule has 2 saturated heterocycles. The van der Waals surface area contributed by atoms with Gasteiger partial charge in [-0.05, 0) is 37.1 Å². The number of halogens is 1. The molecule has 13 heteroatoms. The lowest BCUT2D eigenvalue weighted by atomic mass is 9.91. The number of oxazole rings is 1. The fourth-order valence-electron chi connectivity index (χ4n) is 4.85. The number of nitrogens with zero attached hydrogens (tertiary/aromatic N) is 7. The van der Waals surface area contributed by atoms with Gasteiger partial charge < -0.3 is 24.1 Å². The summed E-state index contributed by atoms with van der Waals surface area (Å²) in [4.78, 5) is 38.3. The minimum atomic E-state index is -1.19. The van der Waals surface area contributed by atoms with Crippen molar-refractivity contribution in [2.45, 2.75) is 25.0 Å². The van der Waals surface area contributed by atoms with Crippen molar-refractivity contribution in [2.75, 3.05) is 44.3 Å². The number of rotatable bonds is 5. The zero-order valence-corrected chi connectivity index (χ0v) is 20.5. The SMILES string of the molecule is O=C(c1cnc(N2CCOCC2)o1)N1CCC(O)(Cn2cnc3c(cnn3-c3ccc(F)cc3)c2=O)CC1. The van der Waals surface area contributed by atoms with Crippen molar-refractivity contribution in [2.24, 2.45) is 0 Å². The quantitative estimate of drug-likeness (QED) is 0.410. The third kappa shape index (κ3) is 4.54. The minimum Gasteiger partial charge on any atom is -0.418 e. The van der Waals surface area contributed by atoms with Gasteiger partial charge in [0, 0.05) is 26.2 Å². The Morgan fingerprint density at radius 1 is 1.05 bits per heavy atom. The van der Waals surface area contributed by atoms with E-state index < -0.39 is 5.60 Å². The number of likely N-dealkylation sites (tertiary alicyclic amines) is 1. The van der Waals surface area contributed by atoms with Gasteiger partial charge in [-0.1, -0.05) is 0 Å². The molecule has 4 aromatic rings. The molecule has 1 amide bonds. The van der Waals surface area contributed by atoms with Gasteiger partial charge in [0.25, 0.3) is 17.5 Å². The number of hydrogen-bond acceptors (Lipinski definition) is 9. The van der Waals surface area contributed by atoms with Gasteiger partial charge in [-0.2, -0.15) is 5.10 Å². The van der Waals surface area contributed by atoms with Gasteiger partial charge in [0.05, 0.1) is 43.4 Å². The van der Waals surface area contributed by atoms with E-state index in [9.17, 15) is 19.1 Å². The van der Waals surface area contributed by atoms with Crippen LogP contribution in [0.3, 0.4) is 0 Å². The van der Waals surface area contributed by atoms with Crippen LogP contribution in [0.25, 0.3) is 16.7 Å². The second kappa shape index (κ2) is 9.65. The van der Waals surface area contributed by atoms with Crippen LogP contribution in [0.2, 0.25) is 0 Å². The maximum absolute atomic E-state index is 13.3. The van der Waals surface area contributed by atoms with Gasteiger partial charge in [-0.15, -0.1) is 0 Å². The normalized spacial score (nSPS) is 17.7. The van der Waals surface area contributed by atoms with Gasteiger partial charge >= 0.3 is 0 Å². The molecule has 198 valence electrons. The van der Waals surface area contributed by atoms with E-state index in [1.54, 1.807) is 17.0 Å². The zero-order valence-electron chi connectivity index (χ0n) is 20.5. The zero-order chi connectivity index (χ0) is 26.3. The number of hydrogen-bond donors (Lipinski definition) is 1. The standard InChI is InChI=1S/C25H26FN7O5/c26-17-1-3-18(4-2-17)33-21-19(13-29-33)22(34)32(16-28-21)15-25(36)5-7-30(8-6-25)23(35)20-14-27-24(38-20)31-9-11-37-12-10-31/h1-4,13-14,16,36H,5-12,15H2. The highest BCUT2D eigenvalue weighted by Gasteiger charge is 2.36. The molecule has 1 aromatic carbocycles. The highest BCUT2D eigenvalue weighted by molar-refractivity contribution is 5.91. The first kappa shape index (κ1) is 24.2. The number of fused-ring (bicyclic) bond motifs is 1. The molecule has 1 N–H and O–H groups in total. The summed E-state index contributed by atoms with van der Waals surface area (Å²) >= 11 is 0. The smallest absolute Gasteiger partial charge is 0.298 e. The summed E-state index contributed by atoms with van der Waals surface area (Å²) in [6.07, 6.45) is 4.79. The van der Waals surface area contributed by atoms with Crippen molar-refractivity contribution in [1.29, 1.82) is 0 Å². The molecule has 0 spiro atoms. The Hall–Kier alpha value is -4.10. The highest BCUT2D eigenvalue weighted by Crippen LogP contribution is 2.26. The monoisotopic (exact) mass is 523 g/mol. The molecule has 0 saturated carbocycles. The Morgan fingerprint density at radius 3 is 2.53 bits per heavy atom. The Morgan fingerprint density at radius 2 is 1.79 bits per heavy atom. The first-order valence-electron chi connectivity index (χ1n) is 12.4. The summed E-state index contributed by atoms with van der Waals surface area (Å²) < 4.78 is 27.2. The van der Waals surface area contributed by atoms with Crippen LogP contribution in [0.4, 0.5) is 10.4 Å².